The van der Waals surface area contributed by atoms with Crippen LogP contribution in [-0.4, -0.2) is 4.98 Å². The van der Waals surface area contributed by atoms with Gasteiger partial charge in [0.25, 0.3) is 0 Å². The molecule has 0 amide bonds. The van der Waals surface area contributed by atoms with E-state index >= 15 is 0 Å². The second kappa shape index (κ2) is 14.2. The predicted octanol–water partition coefficient (Wildman–Crippen LogP) is 16.8. The van der Waals surface area contributed by atoms with E-state index in [4.69, 9.17) is 9.72 Å². The summed E-state index contributed by atoms with van der Waals surface area (Å²) >= 11 is 0. The summed E-state index contributed by atoms with van der Waals surface area (Å²) in [5.41, 5.74) is 17.1. The lowest BCUT2D eigenvalue weighted by Crippen LogP contribution is -2.32. The Morgan fingerprint density at radius 1 is 0.288 bits per heavy atom. The van der Waals surface area contributed by atoms with Gasteiger partial charge in [-0.25, -0.2) is 4.98 Å². The summed E-state index contributed by atoms with van der Waals surface area (Å²) in [5.74, 6) is 1.79. The van der Waals surface area contributed by atoms with Crippen LogP contribution in [0.4, 0.5) is 0 Å². The lowest BCUT2D eigenvalue weighted by atomic mass is 9.66. The van der Waals surface area contributed by atoms with Gasteiger partial charge in [0.15, 0.2) is 0 Å². The van der Waals surface area contributed by atoms with Gasteiger partial charge in [-0.1, -0.05) is 200 Å². The fraction of sp³-hybridized carbons (Fsp3) is 0.0156. The summed E-state index contributed by atoms with van der Waals surface area (Å²) in [6, 6.07) is 86.3. The van der Waals surface area contributed by atoms with Crippen LogP contribution < -0.4 is 4.74 Å². The minimum atomic E-state index is -0.561. The fourth-order valence-electron chi connectivity index (χ4n) is 11.5. The van der Waals surface area contributed by atoms with Crippen LogP contribution in [0.25, 0.3) is 99.0 Å². The molecule has 1 spiro atoms. The van der Waals surface area contributed by atoms with Gasteiger partial charge < -0.3 is 4.74 Å². The molecule has 0 bridgehead atoms. The lowest BCUT2D eigenvalue weighted by Gasteiger charge is -2.39. The number of fused-ring (bicyclic) bond motifs is 14. The maximum Gasteiger partial charge on any atom is 0.132 e. The van der Waals surface area contributed by atoms with Crippen molar-refractivity contribution in [1.82, 2.24) is 4.98 Å². The Labute approximate surface area is 382 Å². The third-order valence-corrected chi connectivity index (χ3v) is 14.3. The predicted molar refractivity (Wildman–Crippen MR) is 273 cm³/mol. The summed E-state index contributed by atoms with van der Waals surface area (Å²) in [5, 5.41) is 8.38. The van der Waals surface area contributed by atoms with Crippen molar-refractivity contribution < 1.29 is 4.74 Å². The smallest absolute Gasteiger partial charge is 0.132 e. The Morgan fingerprint density at radius 2 is 0.788 bits per heavy atom. The van der Waals surface area contributed by atoms with Crippen LogP contribution in [0.3, 0.4) is 0 Å². The first-order valence-corrected chi connectivity index (χ1v) is 22.8. The molecule has 12 aromatic rings. The molecule has 1 aliphatic carbocycles. The molecule has 306 valence electrons. The van der Waals surface area contributed by atoms with Crippen molar-refractivity contribution in [2.45, 2.75) is 5.41 Å². The van der Waals surface area contributed by atoms with E-state index in [2.05, 4.69) is 237 Å². The molecule has 0 N–H and O–H groups in total. The number of aromatic nitrogens is 1. The largest absolute Gasteiger partial charge is 0.457 e. The Kier molecular flexibility index (Phi) is 7.93. The van der Waals surface area contributed by atoms with Gasteiger partial charge in [-0.05, 0) is 119 Å². The maximum atomic E-state index is 6.67. The Hall–Kier alpha value is -8.59. The molecule has 0 radical (unpaired) electrons. The number of ether oxygens (including phenoxy) is 1. The van der Waals surface area contributed by atoms with Crippen LogP contribution in [0.2, 0.25) is 0 Å². The molecule has 2 heterocycles. The molecular formula is C64H39NO. The topological polar surface area (TPSA) is 22.1 Å². The summed E-state index contributed by atoms with van der Waals surface area (Å²) < 4.78 is 6.67. The number of rotatable bonds is 4. The van der Waals surface area contributed by atoms with E-state index < -0.39 is 5.41 Å². The highest BCUT2D eigenvalue weighted by atomic mass is 16.5. The van der Waals surface area contributed by atoms with Gasteiger partial charge in [0, 0.05) is 27.5 Å². The molecule has 2 aliphatic rings. The third kappa shape index (κ3) is 5.21. The van der Waals surface area contributed by atoms with Crippen LogP contribution in [0.1, 0.15) is 22.3 Å². The molecule has 14 rings (SSSR count). The third-order valence-electron chi connectivity index (χ3n) is 14.3. The van der Waals surface area contributed by atoms with Crippen LogP contribution in [-0.2, 0) is 5.41 Å². The molecule has 0 fully saturated rings. The normalized spacial score (nSPS) is 13.1. The highest BCUT2D eigenvalue weighted by Crippen LogP contribution is 2.63. The number of para-hydroxylation sites is 3. The lowest BCUT2D eigenvalue weighted by molar-refractivity contribution is 0.436. The van der Waals surface area contributed by atoms with E-state index in [1.165, 1.54) is 77.0 Å². The van der Waals surface area contributed by atoms with Crippen molar-refractivity contribution in [3.63, 3.8) is 0 Å². The van der Waals surface area contributed by atoms with Gasteiger partial charge in [-0.15, -0.1) is 0 Å². The van der Waals surface area contributed by atoms with Crippen molar-refractivity contribution in [1.29, 1.82) is 0 Å². The Morgan fingerprint density at radius 3 is 1.47 bits per heavy atom. The molecule has 0 atom stereocenters. The van der Waals surface area contributed by atoms with Crippen molar-refractivity contribution in [3.05, 3.63) is 259 Å². The Bertz CT molecular complexity index is 3860. The number of benzene rings is 11. The van der Waals surface area contributed by atoms with E-state index in [0.717, 1.165) is 55.7 Å². The molecule has 1 aromatic heterocycles. The van der Waals surface area contributed by atoms with Gasteiger partial charge in [0.2, 0.25) is 0 Å². The zero-order valence-corrected chi connectivity index (χ0v) is 35.9. The van der Waals surface area contributed by atoms with E-state index in [1.54, 1.807) is 0 Å². The number of hydrogen-bond acceptors (Lipinski definition) is 2. The molecular weight excluding hydrogens is 799 g/mol. The summed E-state index contributed by atoms with van der Waals surface area (Å²) in [7, 11) is 0. The van der Waals surface area contributed by atoms with Gasteiger partial charge in [0.05, 0.1) is 16.6 Å². The average molecular weight is 838 g/mol. The highest BCUT2D eigenvalue weighted by Gasteiger charge is 2.51. The SMILES string of the molecule is c1ccc(-c2ccc(-c3c4ccccc4c(-c4cccc(-c5nc6ccccc6c6cc7c(cc56)-c5ccccc5C75c6ccccc6Oc6ccccc65)c4)c4ccccc34)cc2)cc1. The summed E-state index contributed by atoms with van der Waals surface area (Å²) in [6.45, 7) is 0. The first kappa shape index (κ1) is 36.8. The van der Waals surface area contributed by atoms with E-state index in [9.17, 15) is 0 Å². The standard InChI is InChI=1S/C64H39NO/c1-2-17-40(18-3-1)41-33-35-42(36-34-41)61-47-23-4-6-25-49(47)62(50-26-7-5-24-48(50)61)43-19-16-20-44(37-43)63-53-38-52-45-21-8-10-27-54(45)64(57(52)39-51(53)46-22-9-13-30-58(46)65-63)55-28-11-14-31-59(55)66-60-32-15-12-29-56(60)64/h1-39H. The van der Waals surface area contributed by atoms with Crippen LogP contribution in [0, 0.1) is 0 Å². The first-order chi connectivity index (χ1) is 32.7. The molecule has 66 heavy (non-hydrogen) atoms. The molecule has 0 saturated carbocycles. The number of nitrogens with zero attached hydrogens (tertiary/aromatic N) is 1. The Balaban J connectivity index is 1.000. The second-order valence-corrected chi connectivity index (χ2v) is 17.7. The maximum absolute atomic E-state index is 6.67. The zero-order chi connectivity index (χ0) is 43.3. The zero-order valence-electron chi connectivity index (χ0n) is 35.9. The van der Waals surface area contributed by atoms with Crippen molar-refractivity contribution in [2.24, 2.45) is 0 Å². The molecule has 2 nitrogen and oxygen atoms in total. The van der Waals surface area contributed by atoms with E-state index in [0.29, 0.717) is 0 Å². The monoisotopic (exact) mass is 837 g/mol. The summed E-state index contributed by atoms with van der Waals surface area (Å²) in [4.78, 5) is 5.55. The van der Waals surface area contributed by atoms with E-state index in [1.807, 2.05) is 0 Å². The molecule has 11 aromatic carbocycles. The van der Waals surface area contributed by atoms with Gasteiger partial charge in [-0.3, -0.25) is 0 Å². The van der Waals surface area contributed by atoms with Gasteiger partial charge in [-0.2, -0.15) is 0 Å². The number of pyridine rings is 1. The summed E-state index contributed by atoms with van der Waals surface area (Å²) in [6.07, 6.45) is 0. The first-order valence-electron chi connectivity index (χ1n) is 22.8. The van der Waals surface area contributed by atoms with Crippen LogP contribution in [0.15, 0.2) is 237 Å². The van der Waals surface area contributed by atoms with E-state index in [-0.39, 0.29) is 0 Å². The highest BCUT2D eigenvalue weighted by molar-refractivity contribution is 6.22. The fourth-order valence-corrected chi connectivity index (χ4v) is 11.5. The van der Waals surface area contributed by atoms with Gasteiger partial charge >= 0.3 is 0 Å². The van der Waals surface area contributed by atoms with Crippen molar-refractivity contribution >= 4 is 43.2 Å². The van der Waals surface area contributed by atoms with Crippen molar-refractivity contribution in [3.8, 4) is 67.3 Å². The van der Waals surface area contributed by atoms with Crippen molar-refractivity contribution in [2.75, 3.05) is 0 Å². The second-order valence-electron chi connectivity index (χ2n) is 17.7. The molecule has 1 aliphatic heterocycles. The molecule has 0 unspecified atom stereocenters. The number of hydrogen-bond donors (Lipinski definition) is 0. The molecule has 0 saturated heterocycles. The minimum Gasteiger partial charge on any atom is -0.457 e. The average Bonchev–Trinajstić information content (AvgIpc) is 3.67. The quantitative estimate of drug-likeness (QED) is 0.130. The van der Waals surface area contributed by atoms with Crippen LogP contribution >= 0.6 is 0 Å². The molecule has 2 heteroatoms. The van der Waals surface area contributed by atoms with Crippen LogP contribution in [0.5, 0.6) is 11.5 Å². The van der Waals surface area contributed by atoms with Gasteiger partial charge in [0.1, 0.15) is 11.5 Å². The minimum absolute atomic E-state index is 0.561.